The van der Waals surface area contributed by atoms with Crippen LogP contribution in [-0.4, -0.2) is 18.4 Å². The fourth-order valence-electron chi connectivity index (χ4n) is 2.43. The number of nitrogens with one attached hydrogen (secondary N) is 2. The summed E-state index contributed by atoms with van der Waals surface area (Å²) in [6.07, 6.45) is 0. The molecule has 0 fully saturated rings. The monoisotopic (exact) mass is 456 g/mol. The van der Waals surface area contributed by atoms with Gasteiger partial charge in [-0.1, -0.05) is 24.3 Å². The van der Waals surface area contributed by atoms with Gasteiger partial charge < -0.3 is 20.8 Å². The highest BCUT2D eigenvalue weighted by atomic mass is 127. The van der Waals surface area contributed by atoms with E-state index in [4.69, 9.17) is 10.2 Å². The van der Waals surface area contributed by atoms with E-state index < -0.39 is 5.91 Å². The second-order valence-corrected chi connectivity index (χ2v) is 5.55. The number of guanidine groups is 1. The Morgan fingerprint density at radius 1 is 1.28 bits per heavy atom. The Kier molecular flexibility index (Phi) is 8.47. The molecule has 0 aliphatic carbocycles. The average molecular weight is 456 g/mol. The number of benzene rings is 1. The summed E-state index contributed by atoms with van der Waals surface area (Å²) in [5.74, 6) is 0.838. The summed E-state index contributed by atoms with van der Waals surface area (Å²) in [5, 5.41) is 6.59. The smallest absolute Gasteiger partial charge is 0.284 e. The first-order chi connectivity index (χ1) is 11.5. The zero-order chi connectivity index (χ0) is 17.5. The van der Waals surface area contributed by atoms with E-state index in [0.717, 1.165) is 6.54 Å². The van der Waals surface area contributed by atoms with Crippen molar-refractivity contribution in [2.24, 2.45) is 10.7 Å². The van der Waals surface area contributed by atoms with Crippen molar-refractivity contribution in [2.75, 3.05) is 6.54 Å². The summed E-state index contributed by atoms with van der Waals surface area (Å²) in [6.45, 7) is 7.26. The van der Waals surface area contributed by atoms with Crippen LogP contribution in [0.25, 0.3) is 0 Å². The summed E-state index contributed by atoms with van der Waals surface area (Å²) in [4.78, 5) is 15.6. The number of carbonyl (C=O) groups is 1. The topological polar surface area (TPSA) is 92.6 Å². The molecule has 136 valence electrons. The quantitative estimate of drug-likeness (QED) is 0.354. The highest BCUT2D eigenvalue weighted by molar-refractivity contribution is 14.0. The molecule has 4 N–H and O–H groups in total. The first-order valence-electron chi connectivity index (χ1n) is 8.00. The predicted molar refractivity (Wildman–Crippen MR) is 110 cm³/mol. The molecule has 0 spiro atoms. The van der Waals surface area contributed by atoms with Gasteiger partial charge in [-0.15, -0.1) is 24.0 Å². The standard InChI is InChI=1S/C18H24N4O2.HI/c1-4-20-18(21-11-14-9-10-16(24-14)17(19)23)22-13(3)15-8-6-5-7-12(15)2;/h5-10,13H,4,11H2,1-3H3,(H2,19,23)(H2,20,21,22);1H. The maximum absolute atomic E-state index is 11.1. The molecule has 0 saturated heterocycles. The molecule has 1 amide bonds. The van der Waals surface area contributed by atoms with Crippen LogP contribution in [0.15, 0.2) is 45.8 Å². The maximum atomic E-state index is 11.1. The average Bonchev–Trinajstić information content (AvgIpc) is 3.02. The molecule has 0 bridgehead atoms. The van der Waals surface area contributed by atoms with Crippen LogP contribution in [-0.2, 0) is 6.54 Å². The molecular weight excluding hydrogens is 431 g/mol. The van der Waals surface area contributed by atoms with Gasteiger partial charge in [-0.2, -0.15) is 0 Å². The minimum atomic E-state index is -0.580. The van der Waals surface area contributed by atoms with Crippen molar-refractivity contribution in [3.63, 3.8) is 0 Å². The van der Waals surface area contributed by atoms with Crippen LogP contribution >= 0.6 is 24.0 Å². The number of aryl methyl sites for hydroxylation is 1. The van der Waals surface area contributed by atoms with Crippen molar-refractivity contribution in [1.82, 2.24) is 10.6 Å². The van der Waals surface area contributed by atoms with Crippen molar-refractivity contribution < 1.29 is 9.21 Å². The maximum Gasteiger partial charge on any atom is 0.284 e. The van der Waals surface area contributed by atoms with Crippen molar-refractivity contribution in [1.29, 1.82) is 0 Å². The molecule has 25 heavy (non-hydrogen) atoms. The van der Waals surface area contributed by atoms with Crippen molar-refractivity contribution in [2.45, 2.75) is 33.4 Å². The van der Waals surface area contributed by atoms with E-state index in [0.29, 0.717) is 18.3 Å². The van der Waals surface area contributed by atoms with Crippen LogP contribution in [0.1, 0.15) is 47.3 Å². The molecule has 0 aliphatic rings. The molecule has 7 heteroatoms. The molecule has 2 aromatic rings. The van der Waals surface area contributed by atoms with Crippen LogP contribution in [0.2, 0.25) is 0 Å². The Hall–Kier alpha value is -2.03. The number of furan rings is 1. The molecule has 1 atom stereocenters. The molecule has 1 heterocycles. The molecule has 0 radical (unpaired) electrons. The molecule has 1 unspecified atom stereocenters. The van der Waals surface area contributed by atoms with Gasteiger partial charge in [0.15, 0.2) is 11.7 Å². The number of nitrogens with two attached hydrogens (primary N) is 1. The highest BCUT2D eigenvalue weighted by Crippen LogP contribution is 2.16. The van der Waals surface area contributed by atoms with Crippen LogP contribution in [0.5, 0.6) is 0 Å². The molecular formula is C18H25IN4O2. The SMILES string of the molecule is CCNC(=NCc1ccc(C(N)=O)o1)NC(C)c1ccccc1C.I. The molecule has 1 aromatic carbocycles. The number of nitrogens with zero attached hydrogens (tertiary/aromatic N) is 1. The summed E-state index contributed by atoms with van der Waals surface area (Å²) in [7, 11) is 0. The molecule has 2 rings (SSSR count). The normalized spacial score (nSPS) is 12.2. The number of aliphatic imine (C=N–C) groups is 1. The third-order valence-corrected chi connectivity index (χ3v) is 3.65. The second kappa shape index (κ2) is 10.1. The van der Waals surface area contributed by atoms with Crippen molar-refractivity contribution in [3.8, 4) is 0 Å². The summed E-state index contributed by atoms with van der Waals surface area (Å²) in [5.41, 5.74) is 7.63. The van der Waals surface area contributed by atoms with E-state index in [1.165, 1.54) is 11.1 Å². The molecule has 6 nitrogen and oxygen atoms in total. The number of primary amides is 1. The van der Waals surface area contributed by atoms with Gasteiger partial charge in [-0.05, 0) is 44.0 Å². The third-order valence-electron chi connectivity index (χ3n) is 3.65. The van der Waals surface area contributed by atoms with E-state index in [9.17, 15) is 4.79 Å². The van der Waals surface area contributed by atoms with Gasteiger partial charge in [0, 0.05) is 6.54 Å². The fraction of sp³-hybridized carbons (Fsp3) is 0.333. The van der Waals surface area contributed by atoms with E-state index in [1.54, 1.807) is 12.1 Å². The lowest BCUT2D eigenvalue weighted by molar-refractivity contribution is 0.0972. The van der Waals surface area contributed by atoms with Crippen LogP contribution in [0.4, 0.5) is 0 Å². The van der Waals surface area contributed by atoms with Gasteiger partial charge >= 0.3 is 0 Å². The summed E-state index contributed by atoms with van der Waals surface area (Å²) in [6, 6.07) is 11.6. The van der Waals surface area contributed by atoms with Gasteiger partial charge in [-0.3, -0.25) is 4.79 Å². The first-order valence-corrected chi connectivity index (χ1v) is 8.00. The minimum Gasteiger partial charge on any atom is -0.454 e. The van der Waals surface area contributed by atoms with Gasteiger partial charge in [0.2, 0.25) is 0 Å². The van der Waals surface area contributed by atoms with Gasteiger partial charge in [-0.25, -0.2) is 4.99 Å². The Bertz CT molecular complexity index is 727. The zero-order valence-electron chi connectivity index (χ0n) is 14.7. The fourth-order valence-corrected chi connectivity index (χ4v) is 2.43. The van der Waals surface area contributed by atoms with Crippen molar-refractivity contribution in [3.05, 3.63) is 59.0 Å². The minimum absolute atomic E-state index is 0. The molecule has 0 saturated carbocycles. The number of amides is 1. The van der Waals surface area contributed by atoms with E-state index in [2.05, 4.69) is 41.6 Å². The zero-order valence-corrected chi connectivity index (χ0v) is 17.0. The number of rotatable bonds is 6. The van der Waals surface area contributed by atoms with Crippen LogP contribution < -0.4 is 16.4 Å². The summed E-state index contributed by atoms with van der Waals surface area (Å²) >= 11 is 0. The Morgan fingerprint density at radius 3 is 2.60 bits per heavy atom. The summed E-state index contributed by atoms with van der Waals surface area (Å²) < 4.78 is 5.35. The largest absolute Gasteiger partial charge is 0.454 e. The number of hydrogen-bond donors (Lipinski definition) is 3. The van der Waals surface area contributed by atoms with E-state index in [1.807, 2.05) is 19.1 Å². The highest BCUT2D eigenvalue weighted by Gasteiger charge is 2.11. The van der Waals surface area contributed by atoms with Crippen LogP contribution in [0, 0.1) is 6.92 Å². The Labute approximate surface area is 165 Å². The number of hydrogen-bond acceptors (Lipinski definition) is 3. The first kappa shape index (κ1) is 21.0. The molecule has 0 aliphatic heterocycles. The van der Waals surface area contributed by atoms with Crippen LogP contribution in [0.3, 0.4) is 0 Å². The third kappa shape index (κ3) is 6.08. The lowest BCUT2D eigenvalue weighted by Crippen LogP contribution is -2.38. The van der Waals surface area contributed by atoms with Gasteiger partial charge in [0.25, 0.3) is 5.91 Å². The lowest BCUT2D eigenvalue weighted by atomic mass is 10.0. The molecule has 1 aromatic heterocycles. The van der Waals surface area contributed by atoms with Gasteiger partial charge in [0.1, 0.15) is 12.3 Å². The lowest BCUT2D eigenvalue weighted by Gasteiger charge is -2.19. The van der Waals surface area contributed by atoms with Gasteiger partial charge in [0.05, 0.1) is 6.04 Å². The Morgan fingerprint density at radius 2 is 2.00 bits per heavy atom. The Balaban J connectivity index is 0.00000312. The van der Waals surface area contributed by atoms with E-state index >= 15 is 0 Å². The second-order valence-electron chi connectivity index (χ2n) is 5.55. The predicted octanol–water partition coefficient (Wildman–Crippen LogP) is 3.12. The van der Waals surface area contributed by atoms with Crippen molar-refractivity contribution >= 4 is 35.8 Å². The number of carbonyl (C=O) groups excluding carboxylic acids is 1. The number of halogens is 1. The van der Waals surface area contributed by atoms with E-state index in [-0.39, 0.29) is 35.8 Å².